The molecule has 0 aliphatic heterocycles. The van der Waals surface area contributed by atoms with E-state index in [-0.39, 0.29) is 6.04 Å². The van der Waals surface area contributed by atoms with E-state index in [1.807, 2.05) is 24.4 Å². The summed E-state index contributed by atoms with van der Waals surface area (Å²) in [5.74, 6) is 0.360. The van der Waals surface area contributed by atoms with E-state index in [2.05, 4.69) is 10.1 Å². The van der Waals surface area contributed by atoms with Crippen molar-refractivity contribution in [2.75, 3.05) is 5.73 Å². The van der Waals surface area contributed by atoms with Crippen LogP contribution in [0.4, 0.5) is 19.0 Å². The number of alkyl halides is 3. The van der Waals surface area contributed by atoms with Gasteiger partial charge in [-0.25, -0.2) is 0 Å². The van der Waals surface area contributed by atoms with Crippen LogP contribution in [0.2, 0.25) is 5.21 Å². The molecule has 30 heavy (non-hydrogen) atoms. The molecule has 2 unspecified atom stereocenters. The predicted molar refractivity (Wildman–Crippen MR) is 114 cm³/mol. The minimum absolute atomic E-state index is 0.109. The van der Waals surface area contributed by atoms with E-state index in [0.717, 1.165) is 42.5 Å². The third-order valence-electron chi connectivity index (χ3n) is 4.58. The Morgan fingerprint density at radius 1 is 1.13 bits per heavy atom. The van der Waals surface area contributed by atoms with Gasteiger partial charge in [-0.15, -0.1) is 0 Å². The van der Waals surface area contributed by atoms with Crippen molar-refractivity contribution in [1.82, 2.24) is 10.1 Å². The number of fused-ring (bicyclic) bond motifs is 1. The molecule has 0 fully saturated rings. The molecule has 4 N–H and O–H groups in total. The molecule has 0 bridgehead atoms. The second-order valence-corrected chi connectivity index (χ2v) is 11.2. The van der Waals surface area contributed by atoms with Crippen molar-refractivity contribution in [1.29, 1.82) is 0 Å². The van der Waals surface area contributed by atoms with Gasteiger partial charge in [0.05, 0.1) is 0 Å². The first-order valence-electron chi connectivity index (χ1n) is 9.06. The zero-order valence-electron chi connectivity index (χ0n) is 15.6. The van der Waals surface area contributed by atoms with Crippen LogP contribution in [0.15, 0.2) is 53.2 Å². The summed E-state index contributed by atoms with van der Waals surface area (Å²) in [4.78, 5) is 5.56. The average Bonchev–Trinajstić information content (AvgIpc) is 3.33. The summed E-state index contributed by atoms with van der Waals surface area (Å²) in [6, 6.07) is 10.8. The Balaban J connectivity index is 1.36. The molecule has 0 spiro atoms. The number of halogens is 3. The summed E-state index contributed by atoms with van der Waals surface area (Å²) in [5.41, 5.74) is 13.8. The second kappa shape index (κ2) is 8.41. The fourth-order valence-electron chi connectivity index (χ4n) is 3.02. The maximum atomic E-state index is 12.7. The van der Waals surface area contributed by atoms with Crippen LogP contribution in [0.1, 0.15) is 11.1 Å². The van der Waals surface area contributed by atoms with Gasteiger partial charge >= 0.3 is 181 Å². The van der Waals surface area contributed by atoms with E-state index in [1.54, 1.807) is 11.3 Å². The molecule has 0 radical (unpaired) electrons. The molecule has 0 aliphatic carbocycles. The van der Waals surface area contributed by atoms with Crippen LogP contribution in [0, 0.1) is 0 Å². The number of aromatic nitrogens is 2. The zero-order valence-corrected chi connectivity index (χ0v) is 18.5. The quantitative estimate of drug-likeness (QED) is 0.400. The van der Waals surface area contributed by atoms with E-state index in [1.165, 1.54) is 12.1 Å². The van der Waals surface area contributed by atoms with Gasteiger partial charge in [-0.2, -0.15) is 0 Å². The number of thiazole rings is 1. The first kappa shape index (κ1) is 20.9. The predicted octanol–water partition coefficient (Wildman–Crippen LogP) is 3.60. The Morgan fingerprint density at radius 2 is 1.90 bits per heavy atom. The molecule has 4 aromatic rings. The molecule has 0 aliphatic rings. The van der Waals surface area contributed by atoms with Crippen LogP contribution in [-0.4, -0.2) is 31.9 Å². The third kappa shape index (κ3) is 4.69. The average molecular weight is 494 g/mol. The maximum absolute atomic E-state index is 12.7. The summed E-state index contributed by atoms with van der Waals surface area (Å²) < 4.78 is 44.2. The molecule has 0 saturated heterocycles. The van der Waals surface area contributed by atoms with Crippen molar-refractivity contribution in [3.8, 4) is 10.4 Å². The normalized spacial score (nSPS) is 13.5. The molecule has 2 aromatic heterocycles. The zero-order chi connectivity index (χ0) is 21.3. The van der Waals surface area contributed by atoms with E-state index >= 15 is 0 Å². The summed E-state index contributed by atoms with van der Waals surface area (Å²) in [6.07, 6.45) is -1.93. The topological polar surface area (TPSA) is 91.0 Å². The molecule has 2 heterocycles. The Morgan fingerprint density at radius 3 is 2.63 bits per heavy atom. The van der Waals surface area contributed by atoms with Gasteiger partial charge in [-0.3, -0.25) is 0 Å². The van der Waals surface area contributed by atoms with Crippen molar-refractivity contribution in [3.05, 3.63) is 59.8 Å². The van der Waals surface area contributed by atoms with Crippen molar-refractivity contribution in [2.24, 2.45) is 5.73 Å². The van der Waals surface area contributed by atoms with E-state index in [0.29, 0.717) is 17.8 Å². The van der Waals surface area contributed by atoms with Gasteiger partial charge in [0.2, 0.25) is 0 Å². The fourth-order valence-corrected chi connectivity index (χ4v) is 6.88. The number of nitrogens with zero attached hydrogens (tertiary/aromatic N) is 2. The molecule has 0 saturated carbocycles. The first-order chi connectivity index (χ1) is 14.3. The third-order valence-corrected chi connectivity index (χ3v) is 9.27. The van der Waals surface area contributed by atoms with E-state index in [4.69, 9.17) is 16.0 Å². The van der Waals surface area contributed by atoms with Crippen molar-refractivity contribution >= 4 is 47.7 Å². The standard InChI is InChI=1S/C20H18AsF3N4OS/c22-20(23,24)13-4-1-11(2-5-13)7-14(25)9-21-19-27-10-17(30-19)12-3-6-16-15(8-12)18(26)28-29-16/h1-6,8,10,14,21H,7,9,25H2,(H2,26,28). The molecule has 2 atom stereocenters. The van der Waals surface area contributed by atoms with Gasteiger partial charge in [0, 0.05) is 0 Å². The second-order valence-electron chi connectivity index (χ2n) is 6.85. The van der Waals surface area contributed by atoms with Crippen molar-refractivity contribution < 1.29 is 17.7 Å². The number of nitrogen functional groups attached to an aromatic ring is 1. The van der Waals surface area contributed by atoms with Crippen molar-refractivity contribution in [3.63, 3.8) is 0 Å². The molecule has 4 rings (SSSR count). The molecular weight excluding hydrogens is 476 g/mol. The summed E-state index contributed by atoms with van der Waals surface area (Å²) in [7, 11) is 0. The van der Waals surface area contributed by atoms with Gasteiger partial charge < -0.3 is 0 Å². The summed E-state index contributed by atoms with van der Waals surface area (Å²) >= 11 is 1.09. The molecule has 5 nitrogen and oxygen atoms in total. The molecule has 2 aromatic carbocycles. The van der Waals surface area contributed by atoms with Crippen LogP contribution >= 0.6 is 11.3 Å². The number of rotatable bonds is 6. The molecule has 0 amide bonds. The van der Waals surface area contributed by atoms with Gasteiger partial charge in [0.15, 0.2) is 0 Å². The first-order valence-corrected chi connectivity index (χ1v) is 12.4. The van der Waals surface area contributed by atoms with Crippen molar-refractivity contribution in [2.45, 2.75) is 23.8 Å². The van der Waals surface area contributed by atoms with Crippen LogP contribution in [0.25, 0.3) is 21.4 Å². The number of nitrogens with two attached hydrogens (primary N) is 2. The van der Waals surface area contributed by atoms with Crippen LogP contribution in [-0.2, 0) is 12.6 Å². The Kier molecular flexibility index (Phi) is 5.86. The van der Waals surface area contributed by atoms with E-state index in [9.17, 15) is 13.2 Å². The number of hydrogen-bond acceptors (Lipinski definition) is 6. The van der Waals surface area contributed by atoms with Gasteiger partial charge in [-0.1, -0.05) is 0 Å². The number of hydrogen-bond donors (Lipinski definition) is 2. The Bertz CT molecular complexity index is 1160. The van der Waals surface area contributed by atoms with E-state index < -0.39 is 27.5 Å². The monoisotopic (exact) mass is 494 g/mol. The molecular formula is C20H18AsF3N4OS. The fraction of sp³-hybridized carbons (Fsp3) is 0.200. The summed E-state index contributed by atoms with van der Waals surface area (Å²) in [6.45, 7) is 0. The van der Waals surface area contributed by atoms with Gasteiger partial charge in [-0.05, 0) is 0 Å². The Hall–Kier alpha value is -2.35. The van der Waals surface area contributed by atoms with Crippen LogP contribution < -0.4 is 15.3 Å². The number of benzene rings is 2. The molecule has 10 heteroatoms. The van der Waals surface area contributed by atoms with Crippen LogP contribution in [0.5, 0.6) is 0 Å². The summed E-state index contributed by atoms with van der Waals surface area (Å²) in [5, 5.41) is 5.35. The van der Waals surface area contributed by atoms with Gasteiger partial charge in [0.25, 0.3) is 0 Å². The molecule has 156 valence electrons. The minimum atomic E-state index is -4.32. The van der Waals surface area contributed by atoms with Gasteiger partial charge in [0.1, 0.15) is 0 Å². The van der Waals surface area contributed by atoms with Crippen LogP contribution in [0.3, 0.4) is 0 Å². The Labute approximate surface area is 180 Å². The number of anilines is 1. The SMILES string of the molecule is Nc1noc2ccc(-c3cnc([AsH]CC(N)Cc4ccc(C(F)(F)F)cc4)s3)cc12.